The molecule has 0 bridgehead atoms. The van der Waals surface area contributed by atoms with E-state index in [1.54, 1.807) is 12.4 Å². The van der Waals surface area contributed by atoms with Crippen molar-refractivity contribution in [1.82, 2.24) is 9.97 Å². The van der Waals surface area contributed by atoms with Crippen molar-refractivity contribution in [3.63, 3.8) is 0 Å². The predicted octanol–water partition coefficient (Wildman–Crippen LogP) is 3.33. The van der Waals surface area contributed by atoms with Crippen LogP contribution in [0.25, 0.3) is 0 Å². The molecule has 1 aliphatic heterocycles. The van der Waals surface area contributed by atoms with E-state index in [9.17, 15) is 5.26 Å². The average molecular weight is 350 g/mol. The molecule has 0 unspecified atom stereocenters. The van der Waals surface area contributed by atoms with Crippen molar-refractivity contribution in [3.8, 4) is 6.07 Å². The Morgan fingerprint density at radius 3 is 3.00 bits per heavy atom. The van der Waals surface area contributed by atoms with Crippen LogP contribution in [0.4, 0.5) is 5.69 Å². The van der Waals surface area contributed by atoms with Gasteiger partial charge in [-0.2, -0.15) is 5.26 Å². The van der Waals surface area contributed by atoms with E-state index in [1.165, 1.54) is 0 Å². The Hall–Kier alpha value is -1.64. The van der Waals surface area contributed by atoms with Gasteiger partial charge in [0.05, 0.1) is 16.9 Å². The van der Waals surface area contributed by atoms with Gasteiger partial charge in [-0.25, -0.2) is 9.97 Å². The smallest absolute Gasteiger partial charge is 0.116 e. The van der Waals surface area contributed by atoms with Crippen LogP contribution in [0.3, 0.4) is 0 Å². The molecule has 0 saturated heterocycles. The highest BCUT2D eigenvalue weighted by atomic mass is 79.9. The third-order valence-electron chi connectivity index (χ3n) is 3.37. The second-order valence-electron chi connectivity index (χ2n) is 4.53. The van der Waals surface area contributed by atoms with Crippen LogP contribution in [-0.4, -0.2) is 16.5 Å². The molecule has 0 atom stereocenters. The molecular weight excluding hydrogens is 340 g/mol. The van der Waals surface area contributed by atoms with Crippen molar-refractivity contribution in [2.45, 2.75) is 13.0 Å². The number of fused-ring (bicyclic) bond motifs is 1. The van der Waals surface area contributed by atoms with Gasteiger partial charge >= 0.3 is 0 Å². The second kappa shape index (κ2) is 5.39. The van der Waals surface area contributed by atoms with E-state index in [-0.39, 0.29) is 0 Å². The van der Waals surface area contributed by atoms with Crippen LogP contribution in [0.15, 0.2) is 29.1 Å². The SMILES string of the molecule is N#Cc1cc(Cl)ccc1N1CCc2ncnc(Br)c2C1. The molecule has 2 heterocycles. The van der Waals surface area contributed by atoms with Crippen molar-refractivity contribution in [3.05, 3.63) is 51.0 Å². The minimum absolute atomic E-state index is 0.576. The zero-order chi connectivity index (χ0) is 14.1. The second-order valence-corrected chi connectivity index (χ2v) is 5.72. The summed E-state index contributed by atoms with van der Waals surface area (Å²) in [7, 11) is 0. The summed E-state index contributed by atoms with van der Waals surface area (Å²) in [5.41, 5.74) is 3.64. The van der Waals surface area contributed by atoms with Gasteiger partial charge in [0.2, 0.25) is 0 Å². The summed E-state index contributed by atoms with van der Waals surface area (Å²) < 4.78 is 0.819. The number of hydrogen-bond acceptors (Lipinski definition) is 4. The molecule has 0 aliphatic carbocycles. The molecule has 1 aromatic carbocycles. The van der Waals surface area contributed by atoms with E-state index >= 15 is 0 Å². The van der Waals surface area contributed by atoms with E-state index < -0.39 is 0 Å². The number of nitrogens with zero attached hydrogens (tertiary/aromatic N) is 4. The van der Waals surface area contributed by atoms with E-state index in [4.69, 9.17) is 11.6 Å². The summed E-state index contributed by atoms with van der Waals surface area (Å²) in [6, 6.07) is 7.60. The maximum absolute atomic E-state index is 9.25. The summed E-state index contributed by atoms with van der Waals surface area (Å²) in [5, 5.41) is 9.83. The van der Waals surface area contributed by atoms with Crippen molar-refractivity contribution < 1.29 is 0 Å². The summed E-state index contributed by atoms with van der Waals surface area (Å²) in [6.45, 7) is 1.51. The molecule has 4 nitrogen and oxygen atoms in total. The summed E-state index contributed by atoms with van der Waals surface area (Å²) in [4.78, 5) is 10.6. The lowest BCUT2D eigenvalue weighted by atomic mass is 10.1. The number of benzene rings is 1. The molecule has 0 saturated carbocycles. The number of halogens is 2. The topological polar surface area (TPSA) is 52.8 Å². The molecule has 0 fully saturated rings. The van der Waals surface area contributed by atoms with E-state index in [0.29, 0.717) is 17.1 Å². The Labute approximate surface area is 130 Å². The Balaban J connectivity index is 1.99. The third-order valence-corrected chi connectivity index (χ3v) is 4.29. The highest BCUT2D eigenvalue weighted by Gasteiger charge is 2.22. The van der Waals surface area contributed by atoms with Gasteiger partial charge in [-0.15, -0.1) is 0 Å². The minimum atomic E-state index is 0.576. The van der Waals surface area contributed by atoms with E-state index in [2.05, 4.69) is 36.9 Å². The molecule has 0 spiro atoms. The molecule has 6 heteroatoms. The summed E-state index contributed by atoms with van der Waals surface area (Å²) in [6.07, 6.45) is 2.41. The fourth-order valence-electron chi connectivity index (χ4n) is 2.39. The van der Waals surface area contributed by atoms with Crippen molar-refractivity contribution in [1.29, 1.82) is 5.26 Å². The fourth-order valence-corrected chi connectivity index (χ4v) is 3.00. The third kappa shape index (κ3) is 2.37. The first kappa shape index (κ1) is 13.3. The van der Waals surface area contributed by atoms with Crippen LogP contribution in [0.2, 0.25) is 5.02 Å². The van der Waals surface area contributed by atoms with Crippen molar-refractivity contribution in [2.24, 2.45) is 0 Å². The van der Waals surface area contributed by atoms with Crippen molar-refractivity contribution >= 4 is 33.2 Å². The predicted molar refractivity (Wildman–Crippen MR) is 80.7 cm³/mol. The number of hydrogen-bond donors (Lipinski definition) is 0. The van der Waals surface area contributed by atoms with E-state index in [1.807, 2.05) is 12.1 Å². The monoisotopic (exact) mass is 348 g/mol. The molecule has 3 rings (SSSR count). The maximum Gasteiger partial charge on any atom is 0.116 e. The van der Waals surface area contributed by atoms with Crippen LogP contribution in [0.1, 0.15) is 16.8 Å². The lowest BCUT2D eigenvalue weighted by molar-refractivity contribution is 0.699. The molecule has 1 aromatic heterocycles. The quantitative estimate of drug-likeness (QED) is 0.741. The first-order valence-electron chi connectivity index (χ1n) is 6.12. The number of rotatable bonds is 1. The fraction of sp³-hybridized carbons (Fsp3) is 0.214. The Bertz CT molecular complexity index is 711. The van der Waals surface area contributed by atoms with Gasteiger partial charge in [-0.3, -0.25) is 0 Å². The maximum atomic E-state index is 9.25. The van der Waals surface area contributed by atoms with Gasteiger partial charge in [0.25, 0.3) is 0 Å². The first-order chi connectivity index (χ1) is 9.69. The van der Waals surface area contributed by atoms with Crippen LogP contribution in [0.5, 0.6) is 0 Å². The largest absolute Gasteiger partial charge is 0.366 e. The van der Waals surface area contributed by atoms with Gasteiger partial charge in [-0.1, -0.05) is 11.6 Å². The lowest BCUT2D eigenvalue weighted by Gasteiger charge is -2.31. The number of aromatic nitrogens is 2. The number of anilines is 1. The molecule has 20 heavy (non-hydrogen) atoms. The zero-order valence-corrected chi connectivity index (χ0v) is 12.8. The lowest BCUT2D eigenvalue weighted by Crippen LogP contribution is -2.32. The number of nitriles is 1. The van der Waals surface area contributed by atoms with Gasteiger partial charge in [-0.05, 0) is 34.1 Å². The van der Waals surface area contributed by atoms with Crippen molar-refractivity contribution in [2.75, 3.05) is 11.4 Å². The highest BCUT2D eigenvalue weighted by Crippen LogP contribution is 2.30. The van der Waals surface area contributed by atoms with E-state index in [0.717, 1.165) is 34.5 Å². The molecule has 0 N–H and O–H groups in total. The minimum Gasteiger partial charge on any atom is -0.366 e. The van der Waals surface area contributed by atoms with Gasteiger partial charge in [0.1, 0.15) is 17.0 Å². The van der Waals surface area contributed by atoms with Crippen LogP contribution < -0.4 is 4.90 Å². The Morgan fingerprint density at radius 2 is 2.20 bits per heavy atom. The van der Waals surface area contributed by atoms with Crippen LogP contribution >= 0.6 is 27.5 Å². The van der Waals surface area contributed by atoms with Crippen LogP contribution in [-0.2, 0) is 13.0 Å². The first-order valence-corrected chi connectivity index (χ1v) is 7.29. The molecule has 2 aromatic rings. The molecule has 0 amide bonds. The summed E-state index contributed by atoms with van der Waals surface area (Å²) in [5.74, 6) is 0. The van der Waals surface area contributed by atoms with Gasteiger partial charge < -0.3 is 4.90 Å². The van der Waals surface area contributed by atoms with Crippen LogP contribution in [0, 0.1) is 11.3 Å². The molecular formula is C14H10BrClN4. The molecule has 1 aliphatic rings. The Kier molecular flexibility index (Phi) is 3.60. The Morgan fingerprint density at radius 1 is 1.35 bits per heavy atom. The zero-order valence-electron chi connectivity index (χ0n) is 10.5. The highest BCUT2D eigenvalue weighted by molar-refractivity contribution is 9.10. The summed E-state index contributed by atoms with van der Waals surface area (Å²) >= 11 is 9.41. The molecule has 100 valence electrons. The normalized spacial score (nSPS) is 13.8. The van der Waals surface area contributed by atoms with Gasteiger partial charge in [0.15, 0.2) is 0 Å². The standard InChI is InChI=1S/C14H10BrClN4/c15-14-11-7-20(4-3-12(11)18-8-19-14)13-2-1-10(16)5-9(13)6-17/h1-2,5,8H,3-4,7H2. The molecule has 0 radical (unpaired) electrons. The average Bonchev–Trinajstić information content (AvgIpc) is 2.47. The van der Waals surface area contributed by atoms with Gasteiger partial charge in [0, 0.05) is 30.1 Å².